The molecule has 2 rings (SSSR count). The maximum absolute atomic E-state index is 10.7. The number of rotatable bonds is 6. The first-order chi connectivity index (χ1) is 9.16. The van der Waals surface area contributed by atoms with Crippen LogP contribution in [0, 0.1) is 10.1 Å². The Bertz CT molecular complexity index is 558. The molecule has 19 heavy (non-hydrogen) atoms. The van der Waals surface area contributed by atoms with Gasteiger partial charge in [-0.15, -0.1) is 5.10 Å². The van der Waals surface area contributed by atoms with Crippen molar-refractivity contribution in [2.75, 3.05) is 6.54 Å². The highest BCUT2D eigenvalue weighted by Gasteiger charge is 2.12. The third-order valence-electron chi connectivity index (χ3n) is 2.53. The van der Waals surface area contributed by atoms with E-state index in [2.05, 4.69) is 15.6 Å². The zero-order valence-electron chi connectivity index (χ0n) is 9.99. The summed E-state index contributed by atoms with van der Waals surface area (Å²) in [5, 5.41) is 21.6. The van der Waals surface area contributed by atoms with Crippen LogP contribution in [0.1, 0.15) is 5.56 Å². The Morgan fingerprint density at radius 1 is 1.47 bits per heavy atom. The molecule has 1 aromatic heterocycles. The molecule has 0 bridgehead atoms. The van der Waals surface area contributed by atoms with E-state index in [0.717, 1.165) is 5.56 Å². The largest absolute Gasteiger partial charge is 0.311 e. The Morgan fingerprint density at radius 3 is 3.00 bits per heavy atom. The minimum Gasteiger partial charge on any atom is -0.311 e. The van der Waals surface area contributed by atoms with Crippen molar-refractivity contribution in [2.45, 2.75) is 13.1 Å². The second-order valence-electron chi connectivity index (χ2n) is 3.89. The lowest BCUT2D eigenvalue weighted by Crippen LogP contribution is -2.19. The number of halogens is 1. The number of benzene rings is 1. The van der Waals surface area contributed by atoms with Gasteiger partial charge in [0.05, 0.1) is 17.7 Å². The van der Waals surface area contributed by atoms with E-state index in [1.807, 2.05) is 0 Å². The maximum Gasteiger partial charge on any atom is 0.288 e. The third-order valence-corrected chi connectivity index (χ3v) is 2.85. The van der Waals surface area contributed by atoms with Crippen LogP contribution in [0.4, 0.5) is 5.69 Å². The average molecular weight is 282 g/mol. The van der Waals surface area contributed by atoms with E-state index in [0.29, 0.717) is 19.6 Å². The van der Waals surface area contributed by atoms with Crippen LogP contribution in [0.3, 0.4) is 0 Å². The van der Waals surface area contributed by atoms with Crippen LogP contribution in [0.2, 0.25) is 5.02 Å². The molecule has 0 saturated heterocycles. The Morgan fingerprint density at radius 2 is 2.32 bits per heavy atom. The quantitative estimate of drug-likeness (QED) is 0.494. The monoisotopic (exact) mass is 281 g/mol. The lowest BCUT2D eigenvalue weighted by Gasteiger charge is -2.05. The fourth-order valence-corrected chi connectivity index (χ4v) is 1.77. The molecule has 0 aliphatic rings. The summed E-state index contributed by atoms with van der Waals surface area (Å²) in [5.41, 5.74) is 0.743. The van der Waals surface area contributed by atoms with Gasteiger partial charge in [-0.2, -0.15) is 0 Å². The van der Waals surface area contributed by atoms with Gasteiger partial charge >= 0.3 is 0 Å². The van der Waals surface area contributed by atoms with E-state index < -0.39 is 4.92 Å². The second kappa shape index (κ2) is 6.26. The SMILES string of the molecule is O=[N+]([O-])c1cc(CNCCn2ccnn2)ccc1Cl. The lowest BCUT2D eigenvalue weighted by molar-refractivity contribution is -0.384. The van der Waals surface area contributed by atoms with E-state index in [9.17, 15) is 10.1 Å². The smallest absolute Gasteiger partial charge is 0.288 e. The number of nitrogens with one attached hydrogen (secondary N) is 1. The van der Waals surface area contributed by atoms with Gasteiger partial charge in [0.1, 0.15) is 5.02 Å². The van der Waals surface area contributed by atoms with E-state index in [-0.39, 0.29) is 10.7 Å². The number of nitrogens with zero attached hydrogens (tertiary/aromatic N) is 4. The van der Waals surface area contributed by atoms with Gasteiger partial charge in [-0.3, -0.25) is 14.8 Å². The molecule has 100 valence electrons. The van der Waals surface area contributed by atoms with Crippen LogP contribution in [0.5, 0.6) is 0 Å². The molecule has 0 saturated carbocycles. The molecule has 0 aliphatic heterocycles. The molecule has 8 heteroatoms. The van der Waals surface area contributed by atoms with Gasteiger partial charge in [-0.1, -0.05) is 22.9 Å². The molecule has 0 atom stereocenters. The molecule has 1 N–H and O–H groups in total. The summed E-state index contributed by atoms with van der Waals surface area (Å²) in [6.07, 6.45) is 3.39. The van der Waals surface area contributed by atoms with Gasteiger partial charge in [-0.05, 0) is 11.6 Å². The number of aromatic nitrogens is 3. The minimum absolute atomic E-state index is 0.0720. The number of hydrogen-bond donors (Lipinski definition) is 1. The molecule has 7 nitrogen and oxygen atoms in total. The fraction of sp³-hybridized carbons (Fsp3) is 0.273. The Balaban J connectivity index is 1.86. The molecule has 1 aromatic carbocycles. The predicted octanol–water partition coefficient (Wildman–Crippen LogP) is 1.63. The molecule has 0 spiro atoms. The molecular weight excluding hydrogens is 270 g/mol. The van der Waals surface area contributed by atoms with E-state index >= 15 is 0 Å². The van der Waals surface area contributed by atoms with Crippen molar-refractivity contribution in [2.24, 2.45) is 0 Å². The highest BCUT2D eigenvalue weighted by atomic mass is 35.5. The molecular formula is C11H12ClN5O2. The number of hydrogen-bond acceptors (Lipinski definition) is 5. The Hall–Kier alpha value is -1.99. The normalized spacial score (nSPS) is 10.6. The third kappa shape index (κ3) is 3.73. The predicted molar refractivity (Wildman–Crippen MR) is 69.8 cm³/mol. The summed E-state index contributed by atoms with van der Waals surface area (Å²) in [5.74, 6) is 0. The first-order valence-corrected chi connectivity index (χ1v) is 6.02. The molecule has 0 aliphatic carbocycles. The summed E-state index contributed by atoms with van der Waals surface area (Å²) in [7, 11) is 0. The Labute approximate surface area is 114 Å². The van der Waals surface area contributed by atoms with Crippen LogP contribution in [0.25, 0.3) is 0 Å². The van der Waals surface area contributed by atoms with Crippen molar-refractivity contribution in [3.05, 3.63) is 51.3 Å². The molecule has 1 heterocycles. The highest BCUT2D eigenvalue weighted by molar-refractivity contribution is 6.32. The first kappa shape index (κ1) is 13.4. The zero-order chi connectivity index (χ0) is 13.7. The summed E-state index contributed by atoms with van der Waals surface area (Å²) in [6, 6.07) is 4.77. The summed E-state index contributed by atoms with van der Waals surface area (Å²) < 4.78 is 1.71. The lowest BCUT2D eigenvalue weighted by atomic mass is 10.2. The van der Waals surface area contributed by atoms with Crippen LogP contribution >= 0.6 is 11.6 Å². The number of nitro groups is 1. The maximum atomic E-state index is 10.7. The van der Waals surface area contributed by atoms with Gasteiger partial charge in [0.2, 0.25) is 0 Å². The van der Waals surface area contributed by atoms with Crippen molar-refractivity contribution in [3.8, 4) is 0 Å². The van der Waals surface area contributed by atoms with Gasteiger partial charge in [0, 0.05) is 25.4 Å². The minimum atomic E-state index is -0.485. The molecule has 0 amide bonds. The average Bonchev–Trinajstić information content (AvgIpc) is 2.89. The molecule has 0 fully saturated rings. The van der Waals surface area contributed by atoms with Crippen molar-refractivity contribution in [1.82, 2.24) is 20.3 Å². The highest BCUT2D eigenvalue weighted by Crippen LogP contribution is 2.24. The topological polar surface area (TPSA) is 85.9 Å². The van der Waals surface area contributed by atoms with Crippen molar-refractivity contribution in [1.29, 1.82) is 0 Å². The van der Waals surface area contributed by atoms with Crippen LogP contribution < -0.4 is 5.32 Å². The van der Waals surface area contributed by atoms with Crippen LogP contribution in [-0.2, 0) is 13.1 Å². The molecule has 2 aromatic rings. The van der Waals surface area contributed by atoms with Crippen molar-refractivity contribution < 1.29 is 4.92 Å². The summed E-state index contributed by atoms with van der Waals surface area (Å²) >= 11 is 5.74. The van der Waals surface area contributed by atoms with Gasteiger partial charge in [0.15, 0.2) is 0 Å². The van der Waals surface area contributed by atoms with E-state index in [4.69, 9.17) is 11.6 Å². The Kier molecular flexibility index (Phi) is 4.43. The fourth-order valence-electron chi connectivity index (χ4n) is 1.59. The van der Waals surface area contributed by atoms with Crippen LogP contribution in [-0.4, -0.2) is 26.5 Å². The summed E-state index contributed by atoms with van der Waals surface area (Å²) in [4.78, 5) is 10.3. The molecule has 0 unspecified atom stereocenters. The van der Waals surface area contributed by atoms with Gasteiger partial charge in [0.25, 0.3) is 5.69 Å². The van der Waals surface area contributed by atoms with Crippen molar-refractivity contribution >= 4 is 17.3 Å². The van der Waals surface area contributed by atoms with E-state index in [1.54, 1.807) is 23.1 Å². The molecule has 0 radical (unpaired) electrons. The first-order valence-electron chi connectivity index (χ1n) is 5.64. The van der Waals surface area contributed by atoms with Gasteiger partial charge in [-0.25, -0.2) is 0 Å². The van der Waals surface area contributed by atoms with E-state index in [1.165, 1.54) is 12.1 Å². The number of nitro benzene ring substituents is 1. The van der Waals surface area contributed by atoms with Gasteiger partial charge < -0.3 is 5.32 Å². The zero-order valence-corrected chi connectivity index (χ0v) is 10.7. The van der Waals surface area contributed by atoms with Crippen LogP contribution in [0.15, 0.2) is 30.6 Å². The van der Waals surface area contributed by atoms with Crippen molar-refractivity contribution in [3.63, 3.8) is 0 Å². The second-order valence-corrected chi connectivity index (χ2v) is 4.29. The standard InChI is InChI=1S/C11H12ClN5O2/c12-10-2-1-9(7-11(10)17(18)19)8-13-3-5-16-6-4-14-15-16/h1-2,4,6-7,13H,3,5,8H2. The summed E-state index contributed by atoms with van der Waals surface area (Å²) in [6.45, 7) is 1.92.